The van der Waals surface area contributed by atoms with Crippen LogP contribution in [0.1, 0.15) is 24.0 Å². The van der Waals surface area contributed by atoms with Crippen molar-refractivity contribution in [3.8, 4) is 11.5 Å². The summed E-state index contributed by atoms with van der Waals surface area (Å²) in [6.07, 6.45) is 1.16. The van der Waals surface area contributed by atoms with Crippen molar-refractivity contribution in [1.82, 2.24) is 9.13 Å². The molecule has 0 aliphatic heterocycles. The van der Waals surface area contributed by atoms with E-state index in [1.165, 1.54) is 22.4 Å². The van der Waals surface area contributed by atoms with Gasteiger partial charge in [-0.1, -0.05) is 24.3 Å². The fourth-order valence-corrected chi connectivity index (χ4v) is 4.25. The number of nitrogens with two attached hydrogens (primary N) is 1. The highest BCUT2D eigenvalue weighted by atomic mass is 32.2. The number of hydrogen-bond donors (Lipinski definition) is 2. The summed E-state index contributed by atoms with van der Waals surface area (Å²) in [5, 5.41) is 7.96. The first-order chi connectivity index (χ1) is 15.9. The zero-order valence-electron chi connectivity index (χ0n) is 18.7. The molecule has 9 heteroatoms. The van der Waals surface area contributed by atoms with Crippen LogP contribution in [0.2, 0.25) is 0 Å². The number of amidine groups is 1. The summed E-state index contributed by atoms with van der Waals surface area (Å²) in [7, 11) is 3.19. The van der Waals surface area contributed by atoms with Crippen LogP contribution in [-0.4, -0.2) is 34.9 Å². The summed E-state index contributed by atoms with van der Waals surface area (Å²) in [5.41, 5.74) is 6.45. The van der Waals surface area contributed by atoms with E-state index in [1.54, 1.807) is 30.9 Å². The lowest BCUT2D eigenvalue weighted by molar-refractivity contribution is 0.414. The van der Waals surface area contributed by atoms with Crippen LogP contribution < -0.4 is 26.5 Å². The van der Waals surface area contributed by atoms with Crippen LogP contribution in [0.4, 0.5) is 0 Å². The molecule has 3 aromatic rings. The average Bonchev–Trinajstić information content (AvgIpc) is 2.82. The number of nitrogens with zero attached hydrogens (tertiary/aromatic N) is 2. The highest BCUT2D eigenvalue weighted by Crippen LogP contribution is 2.19. The van der Waals surface area contributed by atoms with Crippen molar-refractivity contribution in [2.75, 3.05) is 20.0 Å². The highest BCUT2D eigenvalue weighted by molar-refractivity contribution is 7.99. The molecule has 0 atom stereocenters. The lowest BCUT2D eigenvalue weighted by atomic mass is 10.2. The molecular formula is C24H28N4O4S. The zero-order chi connectivity index (χ0) is 23.8. The average molecular weight is 469 g/mol. The van der Waals surface area contributed by atoms with Gasteiger partial charge in [0.1, 0.15) is 11.5 Å². The molecule has 0 saturated carbocycles. The van der Waals surface area contributed by atoms with Crippen LogP contribution >= 0.6 is 11.8 Å². The SMILES string of the molecule is COc1ccc(Cn2c(SCCCC(=N)N)cc(=O)n(Cc3ccc(OC)cc3)c2=O)cc1. The molecule has 174 valence electrons. The fourth-order valence-electron chi connectivity index (χ4n) is 3.27. The first kappa shape index (κ1) is 24.2. The minimum absolute atomic E-state index is 0.126. The number of hydrogen-bond acceptors (Lipinski definition) is 6. The molecule has 0 unspecified atom stereocenters. The Labute approximate surface area is 196 Å². The number of benzene rings is 2. The third-order valence-corrected chi connectivity index (χ3v) is 6.21. The van der Waals surface area contributed by atoms with Gasteiger partial charge < -0.3 is 15.2 Å². The minimum atomic E-state index is -0.372. The Morgan fingerprint density at radius 2 is 1.42 bits per heavy atom. The second kappa shape index (κ2) is 11.4. The number of nitrogens with one attached hydrogen (secondary N) is 1. The van der Waals surface area contributed by atoms with E-state index in [9.17, 15) is 9.59 Å². The van der Waals surface area contributed by atoms with Crippen molar-refractivity contribution >= 4 is 17.6 Å². The molecule has 0 aliphatic carbocycles. The molecule has 0 aliphatic rings. The van der Waals surface area contributed by atoms with Crippen LogP contribution in [0.15, 0.2) is 69.2 Å². The second-order valence-corrected chi connectivity index (χ2v) is 8.56. The van der Waals surface area contributed by atoms with Gasteiger partial charge in [0, 0.05) is 12.5 Å². The van der Waals surface area contributed by atoms with Crippen molar-refractivity contribution in [3.05, 3.63) is 86.6 Å². The van der Waals surface area contributed by atoms with E-state index in [0.29, 0.717) is 35.9 Å². The molecule has 8 nitrogen and oxygen atoms in total. The van der Waals surface area contributed by atoms with Crippen LogP contribution in [-0.2, 0) is 13.1 Å². The molecule has 3 N–H and O–H groups in total. The Kier molecular flexibility index (Phi) is 8.37. The smallest absolute Gasteiger partial charge is 0.332 e. The number of ether oxygens (including phenoxy) is 2. The maximum atomic E-state index is 13.4. The second-order valence-electron chi connectivity index (χ2n) is 7.45. The molecule has 0 amide bonds. The molecule has 0 bridgehead atoms. The van der Waals surface area contributed by atoms with Gasteiger partial charge in [-0.2, -0.15) is 0 Å². The van der Waals surface area contributed by atoms with Gasteiger partial charge in [0.05, 0.1) is 38.2 Å². The Bertz CT molecular complexity index is 1200. The molecule has 1 heterocycles. The molecule has 0 spiro atoms. The summed E-state index contributed by atoms with van der Waals surface area (Å²) >= 11 is 1.42. The first-order valence-electron chi connectivity index (χ1n) is 10.5. The summed E-state index contributed by atoms with van der Waals surface area (Å²) in [6.45, 7) is 0.486. The number of rotatable bonds is 11. The van der Waals surface area contributed by atoms with Gasteiger partial charge in [0.2, 0.25) is 0 Å². The fraction of sp³-hybridized carbons (Fsp3) is 0.292. The number of aromatic nitrogens is 2. The molecule has 0 fully saturated rings. The lowest BCUT2D eigenvalue weighted by Crippen LogP contribution is -2.40. The van der Waals surface area contributed by atoms with Crippen LogP contribution in [0.5, 0.6) is 11.5 Å². The van der Waals surface area contributed by atoms with Gasteiger partial charge >= 0.3 is 5.69 Å². The number of methoxy groups -OCH3 is 2. The van der Waals surface area contributed by atoms with Gasteiger partial charge in [-0.15, -0.1) is 11.8 Å². The third kappa shape index (κ3) is 6.52. The van der Waals surface area contributed by atoms with Crippen molar-refractivity contribution in [1.29, 1.82) is 5.41 Å². The van der Waals surface area contributed by atoms with Crippen LogP contribution in [0.25, 0.3) is 0 Å². The van der Waals surface area contributed by atoms with E-state index in [-0.39, 0.29) is 23.6 Å². The third-order valence-electron chi connectivity index (χ3n) is 5.08. The van der Waals surface area contributed by atoms with Crippen LogP contribution in [0, 0.1) is 5.41 Å². The first-order valence-corrected chi connectivity index (χ1v) is 11.5. The zero-order valence-corrected chi connectivity index (χ0v) is 19.6. The number of thioether (sulfide) groups is 1. The molecule has 1 aromatic heterocycles. The van der Waals surface area contributed by atoms with Gasteiger partial charge in [0.25, 0.3) is 5.56 Å². The van der Waals surface area contributed by atoms with E-state index in [1.807, 2.05) is 36.4 Å². The predicted molar refractivity (Wildman–Crippen MR) is 131 cm³/mol. The Morgan fingerprint density at radius 1 is 0.909 bits per heavy atom. The summed E-state index contributed by atoms with van der Waals surface area (Å²) < 4.78 is 13.3. The lowest BCUT2D eigenvalue weighted by Gasteiger charge is -2.16. The molecule has 0 radical (unpaired) electrons. The Balaban J connectivity index is 1.94. The topological polar surface area (TPSA) is 112 Å². The van der Waals surface area contributed by atoms with Gasteiger partial charge in [0.15, 0.2) is 0 Å². The Morgan fingerprint density at radius 3 is 1.91 bits per heavy atom. The Hall–Kier alpha value is -3.46. The van der Waals surface area contributed by atoms with E-state index in [4.69, 9.17) is 20.6 Å². The molecular weight excluding hydrogens is 440 g/mol. The summed E-state index contributed by atoms with van der Waals surface area (Å²) in [6, 6.07) is 16.3. The summed E-state index contributed by atoms with van der Waals surface area (Å²) in [4.78, 5) is 26.3. The maximum absolute atomic E-state index is 13.4. The van der Waals surface area contributed by atoms with Crippen molar-refractivity contribution in [3.63, 3.8) is 0 Å². The maximum Gasteiger partial charge on any atom is 0.332 e. The monoisotopic (exact) mass is 468 g/mol. The minimum Gasteiger partial charge on any atom is -0.497 e. The van der Waals surface area contributed by atoms with Gasteiger partial charge in [-0.05, 0) is 47.6 Å². The predicted octanol–water partition coefficient (Wildman–Crippen LogP) is 2.93. The molecule has 3 rings (SSSR count). The van der Waals surface area contributed by atoms with E-state index >= 15 is 0 Å². The molecule has 33 heavy (non-hydrogen) atoms. The molecule has 0 saturated heterocycles. The quantitative estimate of drug-likeness (QED) is 0.147. The van der Waals surface area contributed by atoms with E-state index < -0.39 is 0 Å². The van der Waals surface area contributed by atoms with E-state index in [2.05, 4.69) is 0 Å². The summed E-state index contributed by atoms with van der Waals surface area (Å²) in [5.74, 6) is 2.21. The highest BCUT2D eigenvalue weighted by Gasteiger charge is 2.13. The standard InChI is InChI=1S/C24H28N4O4S/c1-31-19-9-5-17(6-10-19)15-27-22(29)14-23(33-13-3-4-21(25)26)28(24(27)30)16-18-7-11-20(32-2)12-8-18/h5-12,14H,3-4,13,15-16H2,1-2H3,(H3,25,26). The van der Waals surface area contributed by atoms with Crippen molar-refractivity contribution < 1.29 is 9.47 Å². The van der Waals surface area contributed by atoms with Crippen molar-refractivity contribution in [2.24, 2.45) is 5.73 Å². The van der Waals surface area contributed by atoms with Crippen LogP contribution in [0.3, 0.4) is 0 Å². The van der Waals surface area contributed by atoms with Gasteiger partial charge in [-0.3, -0.25) is 19.3 Å². The van der Waals surface area contributed by atoms with E-state index in [0.717, 1.165) is 16.9 Å². The van der Waals surface area contributed by atoms with Crippen molar-refractivity contribution in [2.45, 2.75) is 31.0 Å². The normalized spacial score (nSPS) is 10.7. The molecule has 2 aromatic carbocycles. The largest absolute Gasteiger partial charge is 0.497 e. The van der Waals surface area contributed by atoms with Gasteiger partial charge in [-0.25, -0.2) is 4.79 Å².